The van der Waals surface area contributed by atoms with Gasteiger partial charge in [-0.1, -0.05) is 6.07 Å². The zero-order chi connectivity index (χ0) is 19.0. The Balaban J connectivity index is 1.75. The number of rotatable bonds is 3. The van der Waals surface area contributed by atoms with Gasteiger partial charge in [0.25, 0.3) is 0 Å². The first-order chi connectivity index (χ1) is 13.0. The van der Waals surface area contributed by atoms with Crippen LogP contribution in [0.4, 0.5) is 16.0 Å². The number of nitrogens with two attached hydrogens (primary N) is 1. The van der Waals surface area contributed by atoms with Gasteiger partial charge in [0, 0.05) is 25.5 Å². The van der Waals surface area contributed by atoms with E-state index in [1.165, 1.54) is 0 Å². The molecule has 0 amide bonds. The van der Waals surface area contributed by atoms with Gasteiger partial charge in [-0.2, -0.15) is 0 Å². The molecule has 0 aliphatic carbocycles. The Morgan fingerprint density at radius 3 is 2.89 bits per heavy atom. The van der Waals surface area contributed by atoms with E-state index in [1.54, 1.807) is 18.5 Å². The zero-order valence-corrected chi connectivity index (χ0v) is 15.0. The molecule has 0 radical (unpaired) electrons. The molecule has 0 unspecified atom stereocenters. The van der Waals surface area contributed by atoms with Crippen LogP contribution in [0, 0.1) is 13.5 Å². The second-order valence-electron chi connectivity index (χ2n) is 6.89. The number of imidazole rings is 1. The number of nitrogens with zero attached hydrogens (tertiary/aromatic N) is 6. The summed E-state index contributed by atoms with van der Waals surface area (Å²) >= 11 is 0. The molecule has 4 rings (SSSR count). The van der Waals surface area contributed by atoms with E-state index in [9.17, 15) is 4.39 Å². The van der Waals surface area contributed by atoms with Crippen molar-refractivity contribution in [2.45, 2.75) is 32.1 Å². The van der Waals surface area contributed by atoms with Crippen LogP contribution in [0.25, 0.3) is 16.0 Å². The molecule has 2 atom stereocenters. The molecule has 138 valence electrons. The third-order valence-electron chi connectivity index (χ3n) is 4.81. The first kappa shape index (κ1) is 17.4. The maximum atomic E-state index is 13.8. The summed E-state index contributed by atoms with van der Waals surface area (Å²) in [6.07, 6.45) is 2.76. The van der Waals surface area contributed by atoms with Gasteiger partial charge in [-0.25, -0.2) is 19.2 Å². The van der Waals surface area contributed by atoms with E-state index in [4.69, 9.17) is 17.3 Å². The fourth-order valence-electron chi connectivity index (χ4n) is 3.36. The summed E-state index contributed by atoms with van der Waals surface area (Å²) in [4.78, 5) is 19.1. The minimum Gasteiger partial charge on any atom is -0.340 e. The quantitative estimate of drug-likeness (QED) is 0.722. The fraction of sp³-hybridized carbons (Fsp3) is 0.368. The molecule has 1 fully saturated rings. The highest BCUT2D eigenvalue weighted by molar-refractivity contribution is 5.75. The lowest BCUT2D eigenvalue weighted by Crippen LogP contribution is -2.50. The number of aromatic nitrogens is 4. The molecule has 8 heteroatoms. The Kier molecular flexibility index (Phi) is 4.46. The summed E-state index contributed by atoms with van der Waals surface area (Å²) in [6, 6.07) is 5.03. The molecule has 0 bridgehead atoms. The average Bonchev–Trinajstić information content (AvgIpc) is 3.02. The van der Waals surface area contributed by atoms with Crippen molar-refractivity contribution in [2.75, 3.05) is 18.0 Å². The second kappa shape index (κ2) is 6.93. The van der Waals surface area contributed by atoms with Crippen molar-refractivity contribution in [3.63, 3.8) is 0 Å². The molecule has 2 N–H and O–H groups in total. The summed E-state index contributed by atoms with van der Waals surface area (Å²) in [5.41, 5.74) is 9.82. The van der Waals surface area contributed by atoms with E-state index in [1.807, 2.05) is 28.5 Å². The van der Waals surface area contributed by atoms with Crippen molar-refractivity contribution in [2.24, 2.45) is 5.73 Å². The minimum atomic E-state index is -0.984. The summed E-state index contributed by atoms with van der Waals surface area (Å²) in [5, 5.41) is 0. The topological polar surface area (TPSA) is 77.2 Å². The van der Waals surface area contributed by atoms with Crippen LogP contribution in [0.2, 0.25) is 0 Å². The Labute approximate surface area is 156 Å². The van der Waals surface area contributed by atoms with Gasteiger partial charge in [-0.3, -0.25) is 9.55 Å². The standard InChI is InChI=1S/C19H20FN7/c1-12-7-17-18(24-8-12)27(10-14-4-3-13(22-2)9-23-14)19(25-17)26-6-5-15(20)16(21)11-26/h3-4,7-9,15-16H,5-6,10-11,21H2,1H3/t15-,16-/m1/s1. The normalized spacial score (nSPS) is 20.0. The van der Waals surface area contributed by atoms with Gasteiger partial charge in [0.05, 0.1) is 24.9 Å². The van der Waals surface area contributed by atoms with Crippen LogP contribution in [0.3, 0.4) is 0 Å². The first-order valence-corrected chi connectivity index (χ1v) is 8.85. The van der Waals surface area contributed by atoms with Crippen molar-refractivity contribution in [3.8, 4) is 0 Å². The van der Waals surface area contributed by atoms with E-state index in [2.05, 4.69) is 14.8 Å². The molecule has 27 heavy (non-hydrogen) atoms. The van der Waals surface area contributed by atoms with Crippen LogP contribution in [0.5, 0.6) is 0 Å². The molecule has 1 saturated heterocycles. The van der Waals surface area contributed by atoms with Crippen LogP contribution in [0.1, 0.15) is 17.7 Å². The Morgan fingerprint density at radius 2 is 2.19 bits per heavy atom. The molecule has 1 aliphatic rings. The maximum absolute atomic E-state index is 13.8. The van der Waals surface area contributed by atoms with Crippen molar-refractivity contribution >= 4 is 22.8 Å². The van der Waals surface area contributed by atoms with Crippen LogP contribution in [-0.2, 0) is 6.54 Å². The maximum Gasteiger partial charge on any atom is 0.208 e. The number of alkyl halides is 1. The molecule has 1 aliphatic heterocycles. The highest BCUT2D eigenvalue weighted by atomic mass is 19.1. The zero-order valence-electron chi connectivity index (χ0n) is 15.0. The molecule has 0 saturated carbocycles. The van der Waals surface area contributed by atoms with E-state index in [0.717, 1.165) is 28.4 Å². The van der Waals surface area contributed by atoms with E-state index >= 15 is 0 Å². The SMILES string of the molecule is [C-]#[N+]c1ccc(Cn2c(N3CC[C@@H](F)[C@H](N)C3)nc3cc(C)cnc32)nc1. The summed E-state index contributed by atoms with van der Waals surface area (Å²) in [5.74, 6) is 0.724. The molecule has 7 nitrogen and oxygen atoms in total. The number of aryl methyl sites for hydroxylation is 1. The largest absolute Gasteiger partial charge is 0.340 e. The van der Waals surface area contributed by atoms with Crippen LogP contribution in [-0.4, -0.2) is 44.8 Å². The molecule has 0 aromatic carbocycles. The third-order valence-corrected chi connectivity index (χ3v) is 4.81. The van der Waals surface area contributed by atoms with E-state index in [0.29, 0.717) is 31.7 Å². The number of pyridine rings is 2. The summed E-state index contributed by atoms with van der Waals surface area (Å²) in [7, 11) is 0. The second-order valence-corrected chi connectivity index (χ2v) is 6.89. The number of hydrogen-bond donors (Lipinski definition) is 1. The average molecular weight is 365 g/mol. The third kappa shape index (κ3) is 3.34. The highest BCUT2D eigenvalue weighted by Crippen LogP contribution is 2.26. The number of halogens is 1. The van der Waals surface area contributed by atoms with Crippen LogP contribution in [0.15, 0.2) is 30.6 Å². The van der Waals surface area contributed by atoms with Crippen LogP contribution < -0.4 is 10.6 Å². The van der Waals surface area contributed by atoms with E-state index in [-0.39, 0.29) is 0 Å². The smallest absolute Gasteiger partial charge is 0.208 e. The van der Waals surface area contributed by atoms with E-state index < -0.39 is 12.2 Å². The molecular formula is C19H20FN7. The summed E-state index contributed by atoms with van der Waals surface area (Å²) in [6.45, 7) is 10.5. The molecule has 0 spiro atoms. The fourth-order valence-corrected chi connectivity index (χ4v) is 3.36. The van der Waals surface area contributed by atoms with Crippen molar-refractivity contribution in [3.05, 3.63) is 53.3 Å². The van der Waals surface area contributed by atoms with Gasteiger partial charge in [-0.15, -0.1) is 0 Å². The van der Waals surface area contributed by atoms with Gasteiger partial charge in [0.2, 0.25) is 11.6 Å². The van der Waals surface area contributed by atoms with Gasteiger partial charge in [0.1, 0.15) is 11.7 Å². The first-order valence-electron chi connectivity index (χ1n) is 8.85. The molecule has 4 heterocycles. The van der Waals surface area contributed by atoms with Gasteiger partial charge in [0.15, 0.2) is 5.65 Å². The van der Waals surface area contributed by atoms with Gasteiger partial charge >= 0.3 is 0 Å². The Morgan fingerprint density at radius 1 is 1.33 bits per heavy atom. The Hall–Kier alpha value is -3.05. The molecule has 3 aromatic heterocycles. The summed E-state index contributed by atoms with van der Waals surface area (Å²) < 4.78 is 15.8. The highest BCUT2D eigenvalue weighted by Gasteiger charge is 2.29. The van der Waals surface area contributed by atoms with Gasteiger partial charge < -0.3 is 10.6 Å². The lowest BCUT2D eigenvalue weighted by Gasteiger charge is -2.33. The molecule has 3 aromatic rings. The van der Waals surface area contributed by atoms with Crippen molar-refractivity contribution < 1.29 is 4.39 Å². The minimum absolute atomic E-state index is 0.384. The lowest BCUT2D eigenvalue weighted by atomic mass is 10.1. The van der Waals surface area contributed by atoms with Crippen molar-refractivity contribution in [1.82, 2.24) is 19.5 Å². The number of anilines is 1. The van der Waals surface area contributed by atoms with Crippen LogP contribution >= 0.6 is 0 Å². The van der Waals surface area contributed by atoms with Crippen molar-refractivity contribution in [1.29, 1.82) is 0 Å². The number of fused-ring (bicyclic) bond motifs is 1. The monoisotopic (exact) mass is 365 g/mol. The lowest BCUT2D eigenvalue weighted by molar-refractivity contribution is 0.243. The number of hydrogen-bond acceptors (Lipinski definition) is 5. The predicted octanol–water partition coefficient (Wildman–Crippen LogP) is 2.61. The number of piperidine rings is 1. The Bertz CT molecular complexity index is 1010. The predicted molar refractivity (Wildman–Crippen MR) is 102 cm³/mol. The molecular weight excluding hydrogens is 345 g/mol. The van der Waals surface area contributed by atoms with Gasteiger partial charge in [-0.05, 0) is 31.0 Å².